The molecule has 1 aliphatic heterocycles. The smallest absolute Gasteiger partial charge is 0.0119 e. The van der Waals surface area contributed by atoms with Crippen LogP contribution in [-0.2, 0) is 0 Å². The maximum atomic E-state index is 2.63. The van der Waals surface area contributed by atoms with Gasteiger partial charge in [-0.15, -0.1) is 0 Å². The minimum atomic E-state index is 0. The summed E-state index contributed by atoms with van der Waals surface area (Å²) >= 11 is 0. The number of nitrogens with zero attached hydrogens (tertiary/aromatic N) is 1. The summed E-state index contributed by atoms with van der Waals surface area (Å²) in [5, 5.41) is 0. The van der Waals surface area contributed by atoms with E-state index < -0.39 is 0 Å². The molecule has 3 rings (SSSR count). The monoisotopic (exact) mass is 309 g/mol. The van der Waals surface area contributed by atoms with Crippen LogP contribution in [0, 0.1) is 5.92 Å². The topological polar surface area (TPSA) is 3.24 Å². The highest BCUT2D eigenvalue weighted by atomic mass is 15.1. The van der Waals surface area contributed by atoms with E-state index in [1.54, 1.807) is 0 Å². The van der Waals surface area contributed by atoms with Crippen molar-refractivity contribution in [3.05, 3.63) is 71.8 Å². The van der Waals surface area contributed by atoms with E-state index in [2.05, 4.69) is 72.5 Å². The SMILES string of the molecule is C.CCCN1CCC(C(c2ccccc2)c2ccccc2)CC1. The summed E-state index contributed by atoms with van der Waals surface area (Å²) in [4.78, 5) is 2.63. The van der Waals surface area contributed by atoms with E-state index in [0.29, 0.717) is 5.92 Å². The summed E-state index contributed by atoms with van der Waals surface area (Å²) in [5.74, 6) is 1.31. The first-order valence-electron chi connectivity index (χ1n) is 8.70. The van der Waals surface area contributed by atoms with Crippen LogP contribution in [-0.4, -0.2) is 24.5 Å². The van der Waals surface area contributed by atoms with Crippen molar-refractivity contribution in [1.29, 1.82) is 0 Å². The molecule has 0 radical (unpaired) electrons. The third-order valence-electron chi connectivity index (χ3n) is 4.96. The highest BCUT2D eigenvalue weighted by Gasteiger charge is 2.28. The molecular weight excluding hydrogens is 278 g/mol. The molecule has 1 nitrogen and oxygen atoms in total. The first kappa shape index (κ1) is 17.7. The summed E-state index contributed by atoms with van der Waals surface area (Å²) < 4.78 is 0. The van der Waals surface area contributed by atoms with Gasteiger partial charge in [-0.3, -0.25) is 0 Å². The summed E-state index contributed by atoms with van der Waals surface area (Å²) in [6.07, 6.45) is 3.90. The second-order valence-electron chi connectivity index (χ2n) is 6.48. The van der Waals surface area contributed by atoms with E-state index in [9.17, 15) is 0 Å². The normalized spacial score (nSPS) is 16.3. The van der Waals surface area contributed by atoms with Crippen LogP contribution in [0.1, 0.15) is 50.7 Å². The molecule has 124 valence electrons. The lowest BCUT2D eigenvalue weighted by Gasteiger charge is -2.36. The summed E-state index contributed by atoms with van der Waals surface area (Å²) in [7, 11) is 0. The number of benzene rings is 2. The Morgan fingerprint density at radius 2 is 1.35 bits per heavy atom. The van der Waals surface area contributed by atoms with Crippen molar-refractivity contribution in [1.82, 2.24) is 4.90 Å². The molecule has 23 heavy (non-hydrogen) atoms. The third-order valence-corrected chi connectivity index (χ3v) is 4.96. The van der Waals surface area contributed by atoms with Crippen LogP contribution in [0.4, 0.5) is 0 Å². The highest BCUT2D eigenvalue weighted by Crippen LogP contribution is 2.37. The quantitative estimate of drug-likeness (QED) is 0.697. The van der Waals surface area contributed by atoms with Crippen LogP contribution in [0.5, 0.6) is 0 Å². The zero-order valence-electron chi connectivity index (χ0n) is 13.6. The number of hydrogen-bond donors (Lipinski definition) is 0. The van der Waals surface area contributed by atoms with Crippen molar-refractivity contribution in [2.45, 2.75) is 39.5 Å². The lowest BCUT2D eigenvalue weighted by molar-refractivity contribution is 0.175. The second-order valence-corrected chi connectivity index (χ2v) is 6.48. The molecule has 0 aromatic heterocycles. The van der Waals surface area contributed by atoms with Crippen LogP contribution < -0.4 is 0 Å². The van der Waals surface area contributed by atoms with Crippen LogP contribution in [0.2, 0.25) is 0 Å². The van der Waals surface area contributed by atoms with E-state index in [1.807, 2.05) is 0 Å². The van der Waals surface area contributed by atoms with Gasteiger partial charge in [-0.1, -0.05) is 75.0 Å². The van der Waals surface area contributed by atoms with Crippen molar-refractivity contribution in [3.8, 4) is 0 Å². The molecule has 1 heterocycles. The van der Waals surface area contributed by atoms with Gasteiger partial charge in [-0.2, -0.15) is 0 Å². The van der Waals surface area contributed by atoms with Crippen molar-refractivity contribution >= 4 is 0 Å². The molecule has 0 N–H and O–H groups in total. The molecule has 0 amide bonds. The highest BCUT2D eigenvalue weighted by molar-refractivity contribution is 5.33. The van der Waals surface area contributed by atoms with Gasteiger partial charge in [0.05, 0.1) is 0 Å². The Labute approximate surface area is 142 Å². The summed E-state index contributed by atoms with van der Waals surface area (Å²) in [6, 6.07) is 22.2. The second kappa shape index (κ2) is 8.88. The standard InChI is InChI=1S/C21H27N.CH4/c1-2-15-22-16-13-20(14-17-22)21(18-9-5-3-6-10-18)19-11-7-4-8-12-19;/h3-12,20-21H,2,13-17H2,1H3;1H4. The molecule has 0 atom stereocenters. The van der Waals surface area contributed by atoms with E-state index in [-0.39, 0.29) is 7.43 Å². The summed E-state index contributed by atoms with van der Waals surface area (Å²) in [5.41, 5.74) is 2.95. The van der Waals surface area contributed by atoms with Crippen molar-refractivity contribution in [3.63, 3.8) is 0 Å². The molecule has 1 heteroatoms. The molecule has 2 aromatic rings. The Morgan fingerprint density at radius 3 is 1.78 bits per heavy atom. The average Bonchev–Trinajstić information content (AvgIpc) is 2.59. The molecule has 0 aliphatic carbocycles. The molecule has 2 aromatic carbocycles. The maximum absolute atomic E-state index is 2.63. The van der Waals surface area contributed by atoms with Gasteiger partial charge in [0.15, 0.2) is 0 Å². The van der Waals surface area contributed by atoms with Gasteiger partial charge in [0.25, 0.3) is 0 Å². The Kier molecular flexibility index (Phi) is 6.85. The zero-order valence-corrected chi connectivity index (χ0v) is 13.6. The molecule has 0 unspecified atom stereocenters. The van der Waals surface area contributed by atoms with Gasteiger partial charge >= 0.3 is 0 Å². The van der Waals surface area contributed by atoms with Gasteiger partial charge < -0.3 is 4.90 Å². The largest absolute Gasteiger partial charge is 0.303 e. The Balaban J connectivity index is 0.00000192. The van der Waals surface area contributed by atoms with E-state index in [1.165, 1.54) is 50.0 Å². The first-order chi connectivity index (χ1) is 10.9. The third kappa shape index (κ3) is 4.45. The minimum absolute atomic E-state index is 0. The van der Waals surface area contributed by atoms with Gasteiger partial charge in [-0.05, 0) is 55.9 Å². The molecule has 1 saturated heterocycles. The van der Waals surface area contributed by atoms with Gasteiger partial charge in [-0.25, -0.2) is 0 Å². The lowest BCUT2D eigenvalue weighted by atomic mass is 9.76. The predicted octanol–water partition coefficient (Wildman–Crippen LogP) is 5.58. The van der Waals surface area contributed by atoms with Crippen LogP contribution in [0.25, 0.3) is 0 Å². The summed E-state index contributed by atoms with van der Waals surface area (Å²) in [6.45, 7) is 6.06. The van der Waals surface area contributed by atoms with E-state index in [0.717, 1.165) is 5.92 Å². The van der Waals surface area contributed by atoms with Crippen molar-refractivity contribution in [2.75, 3.05) is 19.6 Å². The predicted molar refractivity (Wildman–Crippen MR) is 101 cm³/mol. The average molecular weight is 309 g/mol. The number of rotatable bonds is 5. The minimum Gasteiger partial charge on any atom is -0.303 e. The van der Waals surface area contributed by atoms with E-state index >= 15 is 0 Å². The molecule has 0 spiro atoms. The van der Waals surface area contributed by atoms with Crippen molar-refractivity contribution in [2.24, 2.45) is 5.92 Å². The molecule has 1 fully saturated rings. The number of likely N-dealkylation sites (tertiary alicyclic amines) is 1. The van der Waals surface area contributed by atoms with Crippen LogP contribution in [0.15, 0.2) is 60.7 Å². The molecule has 1 aliphatic rings. The van der Waals surface area contributed by atoms with Crippen LogP contribution in [0.3, 0.4) is 0 Å². The number of hydrogen-bond acceptors (Lipinski definition) is 1. The Hall–Kier alpha value is -1.60. The fourth-order valence-electron chi connectivity index (χ4n) is 3.88. The van der Waals surface area contributed by atoms with Gasteiger partial charge in [0.2, 0.25) is 0 Å². The number of piperidine rings is 1. The maximum Gasteiger partial charge on any atom is 0.0119 e. The lowest BCUT2D eigenvalue weighted by Crippen LogP contribution is -2.36. The Morgan fingerprint density at radius 1 is 0.870 bits per heavy atom. The van der Waals surface area contributed by atoms with Gasteiger partial charge in [0, 0.05) is 5.92 Å². The zero-order chi connectivity index (χ0) is 15.2. The van der Waals surface area contributed by atoms with Gasteiger partial charge in [0.1, 0.15) is 0 Å². The Bertz CT molecular complexity index is 501. The molecule has 0 bridgehead atoms. The van der Waals surface area contributed by atoms with Crippen LogP contribution >= 0.6 is 0 Å². The fourth-order valence-corrected chi connectivity index (χ4v) is 3.88. The molecule has 0 saturated carbocycles. The van der Waals surface area contributed by atoms with E-state index in [4.69, 9.17) is 0 Å². The van der Waals surface area contributed by atoms with Crippen molar-refractivity contribution < 1.29 is 0 Å². The molecular formula is C22H31N. The fraction of sp³-hybridized carbons (Fsp3) is 0.455. The first-order valence-corrected chi connectivity index (χ1v) is 8.70.